The Balaban J connectivity index is 1.38. The summed E-state index contributed by atoms with van der Waals surface area (Å²) in [6.45, 7) is 11.0. The molecule has 2 aromatic heterocycles. The second-order valence-corrected chi connectivity index (χ2v) is 10.5. The minimum absolute atomic E-state index is 0.0452. The van der Waals surface area contributed by atoms with Crippen LogP contribution in [0.2, 0.25) is 0 Å². The van der Waals surface area contributed by atoms with Crippen LogP contribution in [0.3, 0.4) is 0 Å². The van der Waals surface area contributed by atoms with Crippen molar-refractivity contribution in [1.82, 2.24) is 19.5 Å². The zero-order valence-corrected chi connectivity index (χ0v) is 23.8. The number of rotatable bonds is 7. The van der Waals surface area contributed by atoms with E-state index in [1.807, 2.05) is 51.1 Å². The molecule has 2 aliphatic rings. The van der Waals surface area contributed by atoms with Crippen molar-refractivity contribution in [3.8, 4) is 11.5 Å². The Morgan fingerprint density at radius 1 is 0.902 bits per heavy atom. The fraction of sp³-hybridized carbons (Fsp3) is 0.467. The smallest absolute Gasteiger partial charge is 0.329 e. The number of hydrogen-bond donors (Lipinski definition) is 1. The number of ether oxygens (including phenoxy) is 3. The van der Waals surface area contributed by atoms with Gasteiger partial charge in [0.1, 0.15) is 5.82 Å². The van der Waals surface area contributed by atoms with Crippen LogP contribution in [-0.4, -0.2) is 72.1 Å². The highest BCUT2D eigenvalue weighted by Gasteiger charge is 2.27. The van der Waals surface area contributed by atoms with Crippen LogP contribution in [0.5, 0.6) is 11.5 Å². The predicted octanol–water partition coefficient (Wildman–Crippen LogP) is 3.42. The van der Waals surface area contributed by atoms with Gasteiger partial charge < -0.3 is 24.0 Å². The second kappa shape index (κ2) is 11.4. The maximum atomic E-state index is 13.0. The summed E-state index contributed by atoms with van der Waals surface area (Å²) in [6.07, 6.45) is 1.45. The standard InChI is InChI=1S/C30H36N6O5/c1-4-40-25-17-21-23(18-26(25)41-5-2)31-29(35-12-14-39-15-13-35)32-27(21)34-10-8-20(9-11-34)36-24-7-6-19(3)16-22(24)28(37)33-30(36)38/h6-7,16-18,20H,4-5,8-15H2,1-3H3,(H,33,37,38). The number of fused-ring (bicyclic) bond motifs is 2. The lowest BCUT2D eigenvalue weighted by atomic mass is 10.0. The van der Waals surface area contributed by atoms with Gasteiger partial charge in [-0.3, -0.25) is 14.3 Å². The molecule has 0 spiro atoms. The summed E-state index contributed by atoms with van der Waals surface area (Å²) in [4.78, 5) is 42.5. The lowest BCUT2D eigenvalue weighted by Crippen LogP contribution is -2.41. The number of piperidine rings is 1. The van der Waals surface area contributed by atoms with E-state index in [2.05, 4.69) is 14.8 Å². The van der Waals surface area contributed by atoms with Gasteiger partial charge in [-0.25, -0.2) is 9.78 Å². The molecule has 6 rings (SSSR count). The summed E-state index contributed by atoms with van der Waals surface area (Å²) in [5.74, 6) is 2.84. The number of aromatic nitrogens is 4. The van der Waals surface area contributed by atoms with Crippen LogP contribution in [0.1, 0.15) is 38.3 Å². The highest BCUT2D eigenvalue weighted by atomic mass is 16.5. The van der Waals surface area contributed by atoms with Gasteiger partial charge in [-0.1, -0.05) is 11.6 Å². The Morgan fingerprint density at radius 2 is 1.61 bits per heavy atom. The third-order valence-electron chi connectivity index (χ3n) is 7.85. The van der Waals surface area contributed by atoms with Gasteiger partial charge in [-0.2, -0.15) is 4.98 Å². The monoisotopic (exact) mass is 560 g/mol. The van der Waals surface area contributed by atoms with Crippen LogP contribution >= 0.6 is 0 Å². The highest BCUT2D eigenvalue weighted by Crippen LogP contribution is 2.38. The number of morpholine rings is 1. The number of hydrogen-bond acceptors (Lipinski definition) is 9. The lowest BCUT2D eigenvalue weighted by Gasteiger charge is -2.35. The Kier molecular flexibility index (Phi) is 7.53. The molecule has 11 heteroatoms. The minimum atomic E-state index is -0.364. The Morgan fingerprint density at radius 3 is 2.32 bits per heavy atom. The van der Waals surface area contributed by atoms with E-state index in [1.54, 1.807) is 4.57 Å². The van der Waals surface area contributed by atoms with Gasteiger partial charge in [-0.05, 0) is 51.8 Å². The van der Waals surface area contributed by atoms with Gasteiger partial charge in [0.05, 0.1) is 42.8 Å². The van der Waals surface area contributed by atoms with Crippen molar-refractivity contribution in [2.75, 3.05) is 62.4 Å². The fourth-order valence-electron chi connectivity index (χ4n) is 5.87. The van der Waals surface area contributed by atoms with Crippen molar-refractivity contribution in [2.45, 2.75) is 39.7 Å². The summed E-state index contributed by atoms with van der Waals surface area (Å²) in [5.41, 5.74) is 1.74. The first-order chi connectivity index (χ1) is 20.0. The predicted molar refractivity (Wildman–Crippen MR) is 159 cm³/mol. The summed E-state index contributed by atoms with van der Waals surface area (Å²) < 4.78 is 19.2. The van der Waals surface area contributed by atoms with E-state index in [-0.39, 0.29) is 17.3 Å². The topological polar surface area (TPSA) is 115 Å². The maximum absolute atomic E-state index is 13.0. The van der Waals surface area contributed by atoms with Crippen LogP contribution in [-0.2, 0) is 4.74 Å². The zero-order chi connectivity index (χ0) is 28.5. The van der Waals surface area contributed by atoms with E-state index in [1.165, 1.54) is 0 Å². The first-order valence-corrected chi connectivity index (χ1v) is 14.4. The molecule has 2 saturated heterocycles. The number of H-pyrrole nitrogens is 1. The molecule has 4 aromatic rings. The highest BCUT2D eigenvalue weighted by molar-refractivity contribution is 5.93. The summed E-state index contributed by atoms with van der Waals surface area (Å²) >= 11 is 0. The summed E-state index contributed by atoms with van der Waals surface area (Å²) in [5, 5.41) is 1.44. The molecule has 216 valence electrons. The van der Waals surface area contributed by atoms with Gasteiger partial charge in [-0.15, -0.1) is 0 Å². The molecule has 0 atom stereocenters. The van der Waals surface area contributed by atoms with E-state index < -0.39 is 0 Å². The molecule has 2 aliphatic heterocycles. The third kappa shape index (κ3) is 5.21. The Hall–Kier alpha value is -4.12. The van der Waals surface area contributed by atoms with Gasteiger partial charge in [0.2, 0.25) is 5.95 Å². The van der Waals surface area contributed by atoms with Crippen molar-refractivity contribution >= 4 is 33.6 Å². The van der Waals surface area contributed by atoms with Crippen molar-refractivity contribution < 1.29 is 14.2 Å². The minimum Gasteiger partial charge on any atom is -0.490 e. The van der Waals surface area contributed by atoms with Crippen molar-refractivity contribution in [1.29, 1.82) is 0 Å². The average Bonchev–Trinajstić information content (AvgIpc) is 2.98. The number of nitrogens with one attached hydrogen (secondary N) is 1. The molecule has 1 N–H and O–H groups in total. The van der Waals surface area contributed by atoms with Crippen LogP contribution < -0.4 is 30.5 Å². The van der Waals surface area contributed by atoms with Crippen LogP contribution in [0, 0.1) is 6.92 Å². The largest absolute Gasteiger partial charge is 0.490 e. The summed E-state index contributed by atoms with van der Waals surface area (Å²) in [6, 6.07) is 9.55. The molecule has 0 amide bonds. The molecule has 4 heterocycles. The number of anilines is 2. The molecule has 2 aromatic carbocycles. The van der Waals surface area contributed by atoms with Crippen LogP contribution in [0.25, 0.3) is 21.8 Å². The molecular formula is C30H36N6O5. The van der Waals surface area contributed by atoms with Crippen molar-refractivity contribution in [2.24, 2.45) is 0 Å². The molecule has 0 bridgehead atoms. The van der Waals surface area contributed by atoms with Gasteiger partial charge in [0, 0.05) is 43.7 Å². The Labute approximate surface area is 237 Å². The van der Waals surface area contributed by atoms with Crippen LogP contribution in [0.4, 0.5) is 11.8 Å². The van der Waals surface area contributed by atoms with Gasteiger partial charge in [0.25, 0.3) is 5.56 Å². The Bertz CT molecular complexity index is 1690. The number of aryl methyl sites for hydroxylation is 1. The molecule has 0 unspecified atom stereocenters. The average molecular weight is 561 g/mol. The first kappa shape index (κ1) is 27.1. The second-order valence-electron chi connectivity index (χ2n) is 10.5. The molecule has 2 fully saturated rings. The third-order valence-corrected chi connectivity index (χ3v) is 7.85. The maximum Gasteiger partial charge on any atom is 0.329 e. The number of nitrogens with zero attached hydrogens (tertiary/aromatic N) is 5. The quantitative estimate of drug-likeness (QED) is 0.363. The van der Waals surface area contributed by atoms with Gasteiger partial charge in [0.15, 0.2) is 11.5 Å². The molecule has 0 aliphatic carbocycles. The van der Waals surface area contributed by atoms with Gasteiger partial charge >= 0.3 is 5.69 Å². The fourth-order valence-corrected chi connectivity index (χ4v) is 5.87. The van der Waals surface area contributed by atoms with E-state index in [0.717, 1.165) is 48.2 Å². The van der Waals surface area contributed by atoms with Crippen molar-refractivity contribution in [3.05, 3.63) is 56.7 Å². The molecule has 0 saturated carbocycles. The first-order valence-electron chi connectivity index (χ1n) is 14.4. The number of benzene rings is 2. The van der Waals surface area contributed by atoms with Crippen LogP contribution in [0.15, 0.2) is 39.9 Å². The molecule has 0 radical (unpaired) electrons. The summed E-state index contributed by atoms with van der Waals surface area (Å²) in [7, 11) is 0. The lowest BCUT2D eigenvalue weighted by molar-refractivity contribution is 0.122. The molecule has 11 nitrogen and oxygen atoms in total. The van der Waals surface area contributed by atoms with Crippen molar-refractivity contribution in [3.63, 3.8) is 0 Å². The van der Waals surface area contributed by atoms with E-state index in [9.17, 15) is 9.59 Å². The SMILES string of the molecule is CCOc1cc2nc(N3CCOCC3)nc(N3CCC(n4c(=O)[nH]c(=O)c5cc(C)ccc54)CC3)c2cc1OCC. The van der Waals surface area contributed by atoms with E-state index >= 15 is 0 Å². The normalized spacial score (nSPS) is 16.5. The molecular weight excluding hydrogens is 524 g/mol. The van der Waals surface area contributed by atoms with E-state index in [4.69, 9.17) is 24.2 Å². The van der Waals surface area contributed by atoms with E-state index in [0.29, 0.717) is 67.9 Å². The number of aromatic amines is 1. The molecule has 41 heavy (non-hydrogen) atoms. The zero-order valence-electron chi connectivity index (χ0n) is 23.8.